The minimum absolute atomic E-state index is 0.410. The number of hydrogen-bond donors (Lipinski definition) is 2. The number of methoxy groups -OCH3 is 1. The monoisotopic (exact) mass is 334 g/mol. The lowest BCUT2D eigenvalue weighted by Crippen LogP contribution is -2.41. The van der Waals surface area contributed by atoms with Crippen molar-refractivity contribution in [1.82, 2.24) is 0 Å². The molecule has 25 heavy (non-hydrogen) atoms. The van der Waals surface area contributed by atoms with E-state index in [4.69, 9.17) is 20.6 Å². The van der Waals surface area contributed by atoms with E-state index in [0.29, 0.717) is 17.4 Å². The number of hydrogen-bond acceptors (Lipinski definition) is 6. The second-order valence-corrected chi connectivity index (χ2v) is 5.75. The summed E-state index contributed by atoms with van der Waals surface area (Å²) in [6.45, 7) is 0. The third-order valence-electron chi connectivity index (χ3n) is 4.23. The molecule has 1 aliphatic heterocycles. The lowest BCUT2D eigenvalue weighted by Gasteiger charge is -2.34. The Kier molecular flexibility index (Phi) is 3.66. The molecule has 2 heterocycles. The van der Waals surface area contributed by atoms with Gasteiger partial charge in [-0.2, -0.15) is 4.99 Å². The van der Waals surface area contributed by atoms with Gasteiger partial charge in [0.05, 0.1) is 18.9 Å². The number of anilines is 2. The predicted molar refractivity (Wildman–Crippen MR) is 98.2 cm³/mol. The van der Waals surface area contributed by atoms with E-state index in [1.54, 1.807) is 13.4 Å². The average Bonchev–Trinajstić information content (AvgIpc) is 3.12. The van der Waals surface area contributed by atoms with Gasteiger partial charge in [0.2, 0.25) is 5.88 Å². The number of nitrogens with zero attached hydrogens (tertiary/aromatic N) is 2. The summed E-state index contributed by atoms with van der Waals surface area (Å²) in [4.78, 5) is 6.66. The van der Waals surface area contributed by atoms with Crippen LogP contribution in [0.2, 0.25) is 0 Å². The van der Waals surface area contributed by atoms with Gasteiger partial charge in [0, 0.05) is 16.9 Å². The van der Waals surface area contributed by atoms with Crippen LogP contribution in [0.3, 0.4) is 0 Å². The molecule has 1 aliphatic rings. The molecule has 1 aromatic heterocycles. The van der Waals surface area contributed by atoms with E-state index >= 15 is 0 Å². The van der Waals surface area contributed by atoms with Crippen LogP contribution in [0, 0.1) is 0 Å². The molecular formula is C19H18N4O2. The van der Waals surface area contributed by atoms with Crippen LogP contribution in [-0.2, 0) is 0 Å². The lowest BCUT2D eigenvalue weighted by atomic mass is 10.1. The number of nitrogen functional groups attached to an aromatic ring is 1. The van der Waals surface area contributed by atoms with Crippen molar-refractivity contribution in [2.24, 2.45) is 10.7 Å². The normalized spacial score (nSPS) is 16.3. The fourth-order valence-corrected chi connectivity index (χ4v) is 2.91. The predicted octanol–water partition coefficient (Wildman–Crippen LogP) is 3.43. The fraction of sp³-hybridized carbons (Fsp3) is 0.105. The molecule has 6 heteroatoms. The van der Waals surface area contributed by atoms with Crippen molar-refractivity contribution >= 4 is 23.1 Å². The lowest BCUT2D eigenvalue weighted by molar-refractivity contribution is 0.415. The minimum atomic E-state index is -0.410. The van der Waals surface area contributed by atoms with Crippen LogP contribution in [0.5, 0.6) is 5.75 Å². The standard InChI is InChI=1S/C19H18N4O2/c1-24-15-8-2-12(3-9-15)18-22-19-16(10-11-25-19)17(21)23(18)14-6-4-13(20)5-7-14/h2-11,17H,20-21H2,1H3. The number of nitrogens with two attached hydrogens (primary N) is 2. The zero-order valence-electron chi connectivity index (χ0n) is 13.7. The van der Waals surface area contributed by atoms with Crippen molar-refractivity contribution in [3.63, 3.8) is 0 Å². The van der Waals surface area contributed by atoms with Gasteiger partial charge >= 0.3 is 0 Å². The molecule has 0 amide bonds. The molecule has 6 nitrogen and oxygen atoms in total. The number of fused-ring (bicyclic) bond motifs is 1. The Balaban J connectivity index is 1.85. The van der Waals surface area contributed by atoms with Crippen molar-refractivity contribution in [2.75, 3.05) is 17.7 Å². The molecule has 1 atom stereocenters. The quantitative estimate of drug-likeness (QED) is 0.716. The van der Waals surface area contributed by atoms with E-state index in [-0.39, 0.29) is 0 Å². The van der Waals surface area contributed by atoms with E-state index in [1.807, 2.05) is 59.5 Å². The molecule has 1 unspecified atom stereocenters. The van der Waals surface area contributed by atoms with Crippen LogP contribution in [-0.4, -0.2) is 12.9 Å². The zero-order valence-corrected chi connectivity index (χ0v) is 13.7. The zero-order chi connectivity index (χ0) is 17.4. The van der Waals surface area contributed by atoms with Gasteiger partial charge in [0.15, 0.2) is 0 Å². The Morgan fingerprint density at radius 2 is 1.76 bits per heavy atom. The maximum atomic E-state index is 6.52. The first kappa shape index (κ1) is 15.3. The summed E-state index contributed by atoms with van der Waals surface area (Å²) in [5.41, 5.74) is 15.7. The molecule has 0 saturated heterocycles. The Morgan fingerprint density at radius 3 is 2.44 bits per heavy atom. The van der Waals surface area contributed by atoms with E-state index in [9.17, 15) is 0 Å². The van der Waals surface area contributed by atoms with E-state index in [2.05, 4.69) is 4.99 Å². The highest BCUT2D eigenvalue weighted by Crippen LogP contribution is 2.37. The van der Waals surface area contributed by atoms with Crippen LogP contribution >= 0.6 is 0 Å². The molecule has 0 bridgehead atoms. The third-order valence-corrected chi connectivity index (χ3v) is 4.23. The molecule has 0 spiro atoms. The topological polar surface area (TPSA) is 90.0 Å². The van der Waals surface area contributed by atoms with Crippen molar-refractivity contribution in [3.8, 4) is 5.75 Å². The highest BCUT2D eigenvalue weighted by atomic mass is 16.5. The number of ether oxygens (including phenoxy) is 1. The molecule has 0 fully saturated rings. The van der Waals surface area contributed by atoms with Crippen LogP contribution in [0.4, 0.5) is 17.3 Å². The Hall–Kier alpha value is -3.25. The highest BCUT2D eigenvalue weighted by Gasteiger charge is 2.31. The molecule has 126 valence electrons. The number of aliphatic imine (C=N–C) groups is 1. The summed E-state index contributed by atoms with van der Waals surface area (Å²) in [5.74, 6) is 2.02. The number of benzene rings is 2. The molecule has 0 aliphatic carbocycles. The molecule has 4 rings (SSSR count). The van der Waals surface area contributed by atoms with Crippen molar-refractivity contribution in [3.05, 3.63) is 72.0 Å². The van der Waals surface area contributed by atoms with Crippen LogP contribution < -0.4 is 21.1 Å². The largest absolute Gasteiger partial charge is 0.497 e. The second-order valence-electron chi connectivity index (χ2n) is 5.75. The van der Waals surface area contributed by atoms with Gasteiger partial charge in [0.1, 0.15) is 17.8 Å². The van der Waals surface area contributed by atoms with Crippen molar-refractivity contribution in [2.45, 2.75) is 6.17 Å². The number of amidine groups is 1. The third kappa shape index (κ3) is 2.62. The summed E-state index contributed by atoms with van der Waals surface area (Å²) in [7, 11) is 1.64. The van der Waals surface area contributed by atoms with Gasteiger partial charge < -0.3 is 25.5 Å². The van der Waals surface area contributed by atoms with Gasteiger partial charge in [-0.05, 0) is 54.6 Å². The molecule has 4 N–H and O–H groups in total. The maximum absolute atomic E-state index is 6.52. The van der Waals surface area contributed by atoms with Gasteiger partial charge in [-0.15, -0.1) is 0 Å². The highest BCUT2D eigenvalue weighted by molar-refractivity contribution is 6.12. The molecule has 0 radical (unpaired) electrons. The van der Waals surface area contributed by atoms with Crippen molar-refractivity contribution in [1.29, 1.82) is 0 Å². The Labute approximate surface area is 145 Å². The van der Waals surface area contributed by atoms with Crippen molar-refractivity contribution < 1.29 is 9.15 Å². The van der Waals surface area contributed by atoms with E-state index in [0.717, 1.165) is 22.6 Å². The van der Waals surface area contributed by atoms with Gasteiger partial charge in [-0.1, -0.05) is 0 Å². The first-order chi connectivity index (χ1) is 12.2. The average molecular weight is 334 g/mol. The second kappa shape index (κ2) is 5.99. The van der Waals surface area contributed by atoms with Gasteiger partial charge in [-0.25, -0.2) is 0 Å². The Bertz CT molecular complexity index is 913. The summed E-state index contributed by atoms with van der Waals surface area (Å²) >= 11 is 0. The first-order valence-electron chi connectivity index (χ1n) is 7.88. The van der Waals surface area contributed by atoms with E-state index in [1.165, 1.54) is 0 Å². The number of rotatable bonds is 3. The smallest absolute Gasteiger partial charge is 0.227 e. The maximum Gasteiger partial charge on any atom is 0.227 e. The Morgan fingerprint density at radius 1 is 1.04 bits per heavy atom. The summed E-state index contributed by atoms with van der Waals surface area (Å²) < 4.78 is 10.7. The number of furan rings is 1. The molecular weight excluding hydrogens is 316 g/mol. The van der Waals surface area contributed by atoms with E-state index < -0.39 is 6.17 Å². The van der Waals surface area contributed by atoms with Gasteiger partial charge in [-0.3, -0.25) is 0 Å². The molecule has 0 saturated carbocycles. The van der Waals surface area contributed by atoms with Crippen LogP contribution in [0.15, 0.2) is 70.3 Å². The SMILES string of the molecule is COc1ccc(C2=Nc3occc3C(N)N2c2ccc(N)cc2)cc1. The fourth-order valence-electron chi connectivity index (χ4n) is 2.91. The van der Waals surface area contributed by atoms with Gasteiger partial charge in [0.25, 0.3) is 0 Å². The van der Waals surface area contributed by atoms with Crippen LogP contribution in [0.25, 0.3) is 0 Å². The van der Waals surface area contributed by atoms with Crippen LogP contribution in [0.1, 0.15) is 17.3 Å². The first-order valence-corrected chi connectivity index (χ1v) is 7.88. The summed E-state index contributed by atoms with van der Waals surface area (Å²) in [6, 6.07) is 17.1. The molecule has 3 aromatic rings. The molecule has 2 aromatic carbocycles. The summed E-state index contributed by atoms with van der Waals surface area (Å²) in [5, 5.41) is 0. The minimum Gasteiger partial charge on any atom is -0.497 e. The summed E-state index contributed by atoms with van der Waals surface area (Å²) in [6.07, 6.45) is 1.19.